The number of carbonyl (C=O) groups is 2. The number of aliphatic carboxylic acids is 1. The molecule has 0 bridgehead atoms. The van der Waals surface area contributed by atoms with Gasteiger partial charge in [0.25, 0.3) is 5.91 Å². The highest BCUT2D eigenvalue weighted by atomic mass is 35.5. The predicted octanol–water partition coefficient (Wildman–Crippen LogP) is 5.23. The Morgan fingerprint density at radius 1 is 1.00 bits per heavy atom. The van der Waals surface area contributed by atoms with Crippen molar-refractivity contribution in [2.24, 2.45) is 0 Å². The SMILES string of the molecule is COc1ccc(-c2cccc(CC(=O)O)c2)cc1CNC(=O)c1ccc(Cl)cc1Cl. The number of methoxy groups -OCH3 is 1. The Kier molecular flexibility index (Phi) is 6.98. The second-order valence-corrected chi connectivity index (χ2v) is 7.45. The summed E-state index contributed by atoms with van der Waals surface area (Å²) in [7, 11) is 1.56. The number of carboxylic acids is 1. The summed E-state index contributed by atoms with van der Waals surface area (Å²) in [6.45, 7) is 0.226. The van der Waals surface area contributed by atoms with Crippen molar-refractivity contribution >= 4 is 35.1 Å². The van der Waals surface area contributed by atoms with Crippen LogP contribution in [0.3, 0.4) is 0 Å². The topological polar surface area (TPSA) is 75.6 Å². The van der Waals surface area contributed by atoms with Crippen LogP contribution in [0.15, 0.2) is 60.7 Å². The zero-order chi connectivity index (χ0) is 21.7. The van der Waals surface area contributed by atoms with Gasteiger partial charge in [-0.3, -0.25) is 9.59 Å². The average molecular weight is 444 g/mol. The number of hydrogen-bond acceptors (Lipinski definition) is 3. The Balaban J connectivity index is 1.83. The molecule has 2 N–H and O–H groups in total. The average Bonchev–Trinajstić information content (AvgIpc) is 2.71. The van der Waals surface area contributed by atoms with E-state index in [0.717, 1.165) is 16.7 Å². The largest absolute Gasteiger partial charge is 0.496 e. The van der Waals surface area contributed by atoms with Gasteiger partial charge in [-0.15, -0.1) is 0 Å². The molecule has 0 aliphatic heterocycles. The molecule has 1 amide bonds. The van der Waals surface area contributed by atoms with Gasteiger partial charge < -0.3 is 15.2 Å². The molecular formula is C23H19Cl2NO4. The first kappa shape index (κ1) is 21.7. The number of hydrogen-bond donors (Lipinski definition) is 2. The molecule has 0 aromatic heterocycles. The highest BCUT2D eigenvalue weighted by molar-refractivity contribution is 6.36. The zero-order valence-electron chi connectivity index (χ0n) is 16.1. The molecular weight excluding hydrogens is 425 g/mol. The highest BCUT2D eigenvalue weighted by Crippen LogP contribution is 2.28. The van der Waals surface area contributed by atoms with Crippen LogP contribution in [-0.2, 0) is 17.8 Å². The number of rotatable bonds is 7. The van der Waals surface area contributed by atoms with Gasteiger partial charge >= 0.3 is 5.97 Å². The van der Waals surface area contributed by atoms with Gasteiger partial charge in [-0.1, -0.05) is 53.5 Å². The van der Waals surface area contributed by atoms with E-state index in [2.05, 4.69) is 5.32 Å². The minimum atomic E-state index is -0.883. The predicted molar refractivity (Wildman–Crippen MR) is 117 cm³/mol. The molecule has 7 heteroatoms. The number of carbonyl (C=O) groups excluding carboxylic acids is 1. The Morgan fingerprint density at radius 3 is 2.47 bits per heavy atom. The van der Waals surface area contributed by atoms with E-state index in [4.69, 9.17) is 33.0 Å². The normalized spacial score (nSPS) is 10.5. The fourth-order valence-electron chi connectivity index (χ4n) is 3.08. The van der Waals surface area contributed by atoms with Gasteiger partial charge in [0.2, 0.25) is 0 Å². The minimum Gasteiger partial charge on any atom is -0.496 e. The van der Waals surface area contributed by atoms with E-state index >= 15 is 0 Å². The van der Waals surface area contributed by atoms with Crippen molar-refractivity contribution in [2.45, 2.75) is 13.0 Å². The summed E-state index contributed by atoms with van der Waals surface area (Å²) in [6.07, 6.45) is -0.0469. The van der Waals surface area contributed by atoms with Crippen LogP contribution < -0.4 is 10.1 Å². The maximum atomic E-state index is 12.5. The first-order valence-electron chi connectivity index (χ1n) is 9.08. The molecule has 5 nitrogen and oxygen atoms in total. The van der Waals surface area contributed by atoms with Crippen molar-refractivity contribution in [3.63, 3.8) is 0 Å². The van der Waals surface area contributed by atoms with Gasteiger partial charge in [0.05, 0.1) is 24.1 Å². The standard InChI is InChI=1S/C23H19Cl2NO4/c1-30-21-8-5-16(15-4-2-3-14(9-15)10-22(27)28)11-17(21)13-26-23(29)19-7-6-18(24)12-20(19)25/h2-9,11-12H,10,13H2,1H3,(H,26,29)(H,27,28). The van der Waals surface area contributed by atoms with Crippen LogP contribution in [0.25, 0.3) is 11.1 Å². The van der Waals surface area contributed by atoms with Crippen molar-refractivity contribution in [2.75, 3.05) is 7.11 Å². The molecule has 0 unspecified atom stereocenters. The lowest BCUT2D eigenvalue weighted by Gasteiger charge is -2.13. The van der Waals surface area contributed by atoms with Crippen molar-refractivity contribution in [3.8, 4) is 16.9 Å². The first-order chi connectivity index (χ1) is 14.4. The lowest BCUT2D eigenvalue weighted by atomic mass is 9.99. The van der Waals surface area contributed by atoms with Crippen LogP contribution in [0.2, 0.25) is 10.0 Å². The van der Waals surface area contributed by atoms with Crippen LogP contribution in [0.5, 0.6) is 5.75 Å². The van der Waals surface area contributed by atoms with Crippen molar-refractivity contribution < 1.29 is 19.4 Å². The van der Waals surface area contributed by atoms with Crippen LogP contribution in [0.1, 0.15) is 21.5 Å². The van der Waals surface area contributed by atoms with E-state index in [9.17, 15) is 9.59 Å². The highest BCUT2D eigenvalue weighted by Gasteiger charge is 2.13. The summed E-state index contributed by atoms with van der Waals surface area (Å²) < 4.78 is 5.42. The molecule has 0 aliphatic carbocycles. The number of nitrogens with one attached hydrogen (secondary N) is 1. The molecule has 3 aromatic rings. The molecule has 0 saturated heterocycles. The first-order valence-corrected chi connectivity index (χ1v) is 9.84. The number of carboxylic acid groups (broad SMARTS) is 1. The van der Waals surface area contributed by atoms with Gasteiger partial charge in [0.15, 0.2) is 0 Å². The Hall–Kier alpha value is -3.02. The van der Waals surface area contributed by atoms with Gasteiger partial charge in [-0.2, -0.15) is 0 Å². The van der Waals surface area contributed by atoms with E-state index in [1.165, 1.54) is 6.07 Å². The second kappa shape index (κ2) is 9.65. The summed E-state index contributed by atoms with van der Waals surface area (Å²) in [6, 6.07) is 17.6. The fourth-order valence-corrected chi connectivity index (χ4v) is 3.57. The lowest BCUT2D eigenvalue weighted by molar-refractivity contribution is -0.136. The van der Waals surface area contributed by atoms with E-state index in [-0.39, 0.29) is 23.9 Å². The lowest BCUT2D eigenvalue weighted by Crippen LogP contribution is -2.23. The van der Waals surface area contributed by atoms with Crippen molar-refractivity contribution in [1.29, 1.82) is 0 Å². The molecule has 0 radical (unpaired) electrons. The second-order valence-electron chi connectivity index (χ2n) is 6.60. The van der Waals surface area contributed by atoms with Crippen molar-refractivity contribution in [1.82, 2.24) is 5.32 Å². The van der Waals surface area contributed by atoms with Crippen molar-refractivity contribution in [3.05, 3.63) is 87.4 Å². The molecule has 30 heavy (non-hydrogen) atoms. The molecule has 0 fully saturated rings. The summed E-state index contributed by atoms with van der Waals surface area (Å²) in [5.41, 5.74) is 3.58. The third kappa shape index (κ3) is 5.32. The maximum absolute atomic E-state index is 12.5. The Labute approximate surface area is 184 Å². The van der Waals surface area contributed by atoms with Gasteiger partial charge in [0.1, 0.15) is 5.75 Å². The van der Waals surface area contributed by atoms with Gasteiger partial charge in [0, 0.05) is 17.1 Å². The van der Waals surface area contributed by atoms with Crippen LogP contribution in [-0.4, -0.2) is 24.1 Å². The molecule has 0 spiro atoms. The smallest absolute Gasteiger partial charge is 0.307 e. The maximum Gasteiger partial charge on any atom is 0.307 e. The zero-order valence-corrected chi connectivity index (χ0v) is 17.6. The Bertz CT molecular complexity index is 1100. The summed E-state index contributed by atoms with van der Waals surface area (Å²) in [5, 5.41) is 12.6. The third-order valence-electron chi connectivity index (χ3n) is 4.51. The van der Waals surface area contributed by atoms with E-state index in [0.29, 0.717) is 21.9 Å². The third-order valence-corrected chi connectivity index (χ3v) is 5.06. The van der Waals surface area contributed by atoms with E-state index in [1.54, 1.807) is 25.3 Å². The summed E-state index contributed by atoms with van der Waals surface area (Å²) in [5.74, 6) is -0.582. The van der Waals surface area contributed by atoms with Crippen LogP contribution in [0.4, 0.5) is 0 Å². The molecule has 0 heterocycles. The quantitative estimate of drug-likeness (QED) is 0.524. The van der Waals surface area contributed by atoms with E-state index < -0.39 is 5.97 Å². The number of benzene rings is 3. The molecule has 0 saturated carbocycles. The van der Waals surface area contributed by atoms with E-state index in [1.807, 2.05) is 36.4 Å². The molecule has 0 aliphatic rings. The number of halogens is 2. The molecule has 0 atom stereocenters. The van der Waals surface area contributed by atoms with Gasteiger partial charge in [-0.25, -0.2) is 0 Å². The molecule has 3 rings (SSSR count). The number of ether oxygens (including phenoxy) is 1. The Morgan fingerprint density at radius 2 is 1.77 bits per heavy atom. The fraction of sp³-hybridized carbons (Fsp3) is 0.130. The van der Waals surface area contributed by atoms with Crippen LogP contribution in [0, 0.1) is 0 Å². The monoisotopic (exact) mass is 443 g/mol. The van der Waals surface area contributed by atoms with Crippen LogP contribution >= 0.6 is 23.2 Å². The summed E-state index contributed by atoms with van der Waals surface area (Å²) >= 11 is 12.0. The summed E-state index contributed by atoms with van der Waals surface area (Å²) in [4.78, 5) is 23.5. The molecule has 3 aromatic carbocycles. The minimum absolute atomic E-state index is 0.0469. The number of amides is 1. The molecule has 154 valence electrons. The van der Waals surface area contributed by atoms with Gasteiger partial charge in [-0.05, 0) is 47.0 Å².